The summed E-state index contributed by atoms with van der Waals surface area (Å²) in [5.74, 6) is 2.46. The molecule has 0 aromatic heterocycles. The second-order valence-electron chi connectivity index (χ2n) is 2.65. The van der Waals surface area contributed by atoms with Crippen LogP contribution >= 0.6 is 11.8 Å². The fraction of sp³-hybridized carbons (Fsp3) is 0.500. The summed E-state index contributed by atoms with van der Waals surface area (Å²) in [6.45, 7) is 3.45. The maximum Gasteiger partial charge on any atom is 0.187 e. The largest absolute Gasteiger partial charge is 0.278 e. The summed E-state index contributed by atoms with van der Waals surface area (Å²) in [6, 6.07) is 0. The van der Waals surface area contributed by atoms with Crippen LogP contribution in [0.2, 0.25) is 0 Å². The SMILES string of the molecule is C#CC(C)(C)N(C#N)C(=N)SC. The average Bonchev–Trinajstić information content (AvgIpc) is 2.05. The third kappa shape index (κ3) is 2.18. The van der Waals surface area contributed by atoms with Crippen LogP contribution in [-0.2, 0) is 0 Å². The fourth-order valence-electron chi connectivity index (χ4n) is 0.580. The molecule has 0 heterocycles. The fourth-order valence-corrected chi connectivity index (χ4v) is 1.03. The molecule has 0 aliphatic rings. The Hall–Kier alpha value is -1.13. The Morgan fingerprint density at radius 2 is 2.17 bits per heavy atom. The predicted octanol–water partition coefficient (Wildman–Crippen LogP) is 1.48. The summed E-state index contributed by atoms with van der Waals surface area (Å²) in [5, 5.41) is 16.3. The molecule has 0 amide bonds. The first-order chi connectivity index (χ1) is 5.49. The van der Waals surface area contributed by atoms with Gasteiger partial charge in [-0.25, -0.2) is 4.90 Å². The van der Waals surface area contributed by atoms with Crippen molar-refractivity contribution in [3.05, 3.63) is 0 Å². The van der Waals surface area contributed by atoms with Crippen molar-refractivity contribution in [2.24, 2.45) is 0 Å². The number of nitriles is 1. The van der Waals surface area contributed by atoms with E-state index in [0.29, 0.717) is 0 Å². The van der Waals surface area contributed by atoms with Crippen LogP contribution in [0.1, 0.15) is 13.8 Å². The molecule has 0 aromatic carbocycles. The van der Waals surface area contributed by atoms with Crippen molar-refractivity contribution in [1.82, 2.24) is 4.90 Å². The molecule has 1 N–H and O–H groups in total. The summed E-state index contributed by atoms with van der Waals surface area (Å²) in [5.41, 5.74) is -0.713. The quantitative estimate of drug-likeness (QED) is 0.219. The van der Waals surface area contributed by atoms with E-state index in [1.54, 1.807) is 20.1 Å². The smallest absolute Gasteiger partial charge is 0.187 e. The highest BCUT2D eigenvalue weighted by atomic mass is 32.2. The van der Waals surface area contributed by atoms with Gasteiger partial charge in [0.15, 0.2) is 11.4 Å². The van der Waals surface area contributed by atoms with Gasteiger partial charge in [0.2, 0.25) is 0 Å². The zero-order valence-corrected chi connectivity index (χ0v) is 8.20. The summed E-state index contributed by atoms with van der Waals surface area (Å²) in [6.07, 6.45) is 8.85. The van der Waals surface area contributed by atoms with Gasteiger partial charge in [-0.15, -0.1) is 6.42 Å². The van der Waals surface area contributed by atoms with E-state index in [-0.39, 0.29) is 5.17 Å². The number of amidine groups is 1. The third-order valence-corrected chi connectivity index (χ3v) is 1.98. The van der Waals surface area contributed by atoms with Crippen LogP contribution < -0.4 is 0 Å². The first-order valence-corrected chi connectivity index (χ1v) is 4.52. The topological polar surface area (TPSA) is 50.9 Å². The van der Waals surface area contributed by atoms with Crippen LogP contribution in [0.4, 0.5) is 0 Å². The van der Waals surface area contributed by atoms with Crippen LogP contribution in [0.15, 0.2) is 0 Å². The molecule has 64 valence electrons. The van der Waals surface area contributed by atoms with Crippen molar-refractivity contribution in [1.29, 1.82) is 10.7 Å². The molecule has 0 unspecified atom stereocenters. The van der Waals surface area contributed by atoms with Crippen LogP contribution in [0.3, 0.4) is 0 Å². The molecule has 0 saturated heterocycles. The van der Waals surface area contributed by atoms with Gasteiger partial charge in [-0.2, -0.15) is 5.26 Å². The Balaban J connectivity index is 4.74. The maximum absolute atomic E-state index is 8.72. The van der Waals surface area contributed by atoms with E-state index in [1.165, 1.54) is 16.7 Å². The lowest BCUT2D eigenvalue weighted by atomic mass is 10.1. The highest BCUT2D eigenvalue weighted by Crippen LogP contribution is 2.16. The minimum Gasteiger partial charge on any atom is -0.278 e. The van der Waals surface area contributed by atoms with Crippen molar-refractivity contribution in [3.63, 3.8) is 0 Å². The van der Waals surface area contributed by atoms with E-state index in [4.69, 9.17) is 17.1 Å². The van der Waals surface area contributed by atoms with Crippen molar-refractivity contribution in [3.8, 4) is 18.5 Å². The highest BCUT2D eigenvalue weighted by molar-refractivity contribution is 8.13. The standard InChI is InChI=1S/C8H11N3S/c1-5-8(2,3)11(6-9)7(10)12-4/h1,10H,2-4H3. The van der Waals surface area contributed by atoms with Crippen molar-refractivity contribution in [2.75, 3.05) is 6.26 Å². The van der Waals surface area contributed by atoms with Crippen LogP contribution in [0, 0.1) is 29.2 Å². The molecule has 0 aromatic rings. The van der Waals surface area contributed by atoms with E-state index >= 15 is 0 Å². The number of thioether (sulfide) groups is 1. The van der Waals surface area contributed by atoms with Crippen molar-refractivity contribution < 1.29 is 0 Å². The van der Waals surface area contributed by atoms with Gasteiger partial charge < -0.3 is 0 Å². The molecule has 3 nitrogen and oxygen atoms in total. The van der Waals surface area contributed by atoms with Crippen LogP contribution in [-0.4, -0.2) is 21.9 Å². The molecule has 0 bridgehead atoms. The molecule has 0 saturated carbocycles. The van der Waals surface area contributed by atoms with Crippen molar-refractivity contribution in [2.45, 2.75) is 19.4 Å². The Morgan fingerprint density at radius 1 is 1.67 bits per heavy atom. The normalized spacial score (nSPS) is 9.75. The lowest BCUT2D eigenvalue weighted by Crippen LogP contribution is -2.41. The molecule has 0 aliphatic carbocycles. The van der Waals surface area contributed by atoms with E-state index in [1.807, 2.05) is 6.19 Å². The maximum atomic E-state index is 8.72. The molecular formula is C8H11N3S. The summed E-state index contributed by atoms with van der Waals surface area (Å²) >= 11 is 1.19. The van der Waals surface area contributed by atoms with Gasteiger partial charge in [-0.3, -0.25) is 5.41 Å². The second-order valence-corrected chi connectivity index (χ2v) is 3.44. The Kier molecular flexibility index (Phi) is 3.66. The lowest BCUT2D eigenvalue weighted by molar-refractivity contribution is 0.387. The number of terminal acetylenes is 1. The van der Waals surface area contributed by atoms with Crippen molar-refractivity contribution >= 4 is 16.9 Å². The van der Waals surface area contributed by atoms with E-state index < -0.39 is 5.54 Å². The number of nitrogens with zero attached hydrogens (tertiary/aromatic N) is 2. The third-order valence-electron chi connectivity index (χ3n) is 1.41. The second kappa shape index (κ2) is 4.04. The minimum absolute atomic E-state index is 0.167. The average molecular weight is 181 g/mol. The first kappa shape index (κ1) is 10.9. The van der Waals surface area contributed by atoms with E-state index in [2.05, 4.69) is 5.92 Å². The van der Waals surface area contributed by atoms with E-state index in [9.17, 15) is 0 Å². The Bertz CT molecular complexity index is 256. The van der Waals surface area contributed by atoms with Gasteiger partial charge in [-0.05, 0) is 20.1 Å². The zero-order chi connectivity index (χ0) is 9.78. The predicted molar refractivity (Wildman–Crippen MR) is 51.6 cm³/mol. The van der Waals surface area contributed by atoms with E-state index in [0.717, 1.165) is 0 Å². The Labute approximate surface area is 77.3 Å². The van der Waals surface area contributed by atoms with Crippen LogP contribution in [0.25, 0.3) is 0 Å². The number of nitrogens with one attached hydrogen (secondary N) is 1. The summed E-state index contributed by atoms with van der Waals surface area (Å²) in [4.78, 5) is 1.21. The molecule has 0 atom stereocenters. The number of hydrogen-bond donors (Lipinski definition) is 1. The monoisotopic (exact) mass is 181 g/mol. The number of hydrogen-bond acceptors (Lipinski definition) is 3. The summed E-state index contributed by atoms with van der Waals surface area (Å²) < 4.78 is 0. The molecule has 0 spiro atoms. The Morgan fingerprint density at radius 3 is 2.42 bits per heavy atom. The number of rotatable bonds is 1. The zero-order valence-electron chi connectivity index (χ0n) is 7.38. The van der Waals surface area contributed by atoms with Crippen LogP contribution in [0.5, 0.6) is 0 Å². The molecule has 0 fully saturated rings. The highest BCUT2D eigenvalue weighted by Gasteiger charge is 2.26. The molecule has 0 aliphatic heterocycles. The molecule has 0 rings (SSSR count). The van der Waals surface area contributed by atoms with Gasteiger partial charge >= 0.3 is 0 Å². The minimum atomic E-state index is -0.713. The summed E-state index contributed by atoms with van der Waals surface area (Å²) in [7, 11) is 0. The lowest BCUT2D eigenvalue weighted by Gasteiger charge is -2.28. The van der Waals surface area contributed by atoms with Gasteiger partial charge in [0.1, 0.15) is 5.54 Å². The van der Waals surface area contributed by atoms with Gasteiger partial charge in [-0.1, -0.05) is 17.7 Å². The molecule has 0 radical (unpaired) electrons. The van der Waals surface area contributed by atoms with Gasteiger partial charge in [0.25, 0.3) is 0 Å². The molecule has 12 heavy (non-hydrogen) atoms. The van der Waals surface area contributed by atoms with Gasteiger partial charge in [0.05, 0.1) is 0 Å². The van der Waals surface area contributed by atoms with Gasteiger partial charge in [0, 0.05) is 0 Å². The first-order valence-electron chi connectivity index (χ1n) is 3.30. The molecular weight excluding hydrogens is 170 g/mol. The molecule has 4 heteroatoms.